The third kappa shape index (κ3) is 3.93. The highest BCUT2D eigenvalue weighted by atomic mass is 16.6. The third-order valence-corrected chi connectivity index (χ3v) is 1.46. The number of aromatic nitrogens is 2. The minimum absolute atomic E-state index is 0.217. The Morgan fingerprint density at radius 1 is 1.60 bits per heavy atom. The molecule has 0 spiro atoms. The van der Waals surface area contributed by atoms with Crippen molar-refractivity contribution >= 4 is 5.97 Å². The number of esters is 1. The summed E-state index contributed by atoms with van der Waals surface area (Å²) in [4.78, 5) is 15.3. The van der Waals surface area contributed by atoms with Gasteiger partial charge in [0.15, 0.2) is 6.33 Å². The van der Waals surface area contributed by atoms with E-state index in [1.54, 1.807) is 20.8 Å². The van der Waals surface area contributed by atoms with Crippen molar-refractivity contribution in [3.05, 3.63) is 24.4 Å². The molecule has 0 bridgehead atoms. The molecule has 0 atom stereocenters. The zero-order valence-electron chi connectivity index (χ0n) is 9.11. The molecule has 82 valence electrons. The van der Waals surface area contributed by atoms with Crippen LogP contribution in [0.2, 0.25) is 0 Å². The normalized spacial score (nSPS) is 11.1. The molecule has 0 radical (unpaired) electrons. The highest BCUT2D eigenvalue weighted by Crippen LogP contribution is 2.12. The van der Waals surface area contributed by atoms with E-state index in [1.807, 2.05) is 0 Å². The summed E-state index contributed by atoms with van der Waals surface area (Å²) in [5, 5.41) is 3.43. The molecule has 0 saturated carbocycles. The van der Waals surface area contributed by atoms with Crippen LogP contribution in [0.15, 0.2) is 23.0 Å². The first-order valence-electron chi connectivity index (χ1n) is 4.55. The van der Waals surface area contributed by atoms with Crippen molar-refractivity contribution in [2.75, 3.05) is 0 Å². The SMILES string of the molecule is C=C(Cc1ncno1)C(=O)OC(C)(C)C. The molecule has 0 fully saturated rings. The second-order valence-electron chi connectivity index (χ2n) is 4.12. The van der Waals surface area contributed by atoms with Crippen LogP contribution < -0.4 is 0 Å². The van der Waals surface area contributed by atoms with E-state index < -0.39 is 11.6 Å². The predicted octanol–water partition coefficient (Wildman–Crippen LogP) is 1.51. The van der Waals surface area contributed by atoms with Gasteiger partial charge in [0.05, 0.1) is 6.42 Å². The van der Waals surface area contributed by atoms with Crippen LogP contribution in [0, 0.1) is 0 Å². The molecule has 0 N–H and O–H groups in total. The summed E-state index contributed by atoms with van der Waals surface area (Å²) in [6.07, 6.45) is 1.49. The smallest absolute Gasteiger partial charge is 0.334 e. The van der Waals surface area contributed by atoms with E-state index in [0.29, 0.717) is 11.5 Å². The van der Waals surface area contributed by atoms with Crippen LogP contribution in [0.1, 0.15) is 26.7 Å². The molecule has 0 amide bonds. The third-order valence-electron chi connectivity index (χ3n) is 1.46. The van der Waals surface area contributed by atoms with E-state index in [1.165, 1.54) is 6.33 Å². The molecule has 1 rings (SSSR count). The fourth-order valence-electron chi connectivity index (χ4n) is 0.879. The molecule has 0 aliphatic carbocycles. The Labute approximate surface area is 88.1 Å². The van der Waals surface area contributed by atoms with E-state index in [0.717, 1.165) is 0 Å². The summed E-state index contributed by atoms with van der Waals surface area (Å²) in [6.45, 7) is 9.00. The number of hydrogen-bond donors (Lipinski definition) is 0. The van der Waals surface area contributed by atoms with Crippen molar-refractivity contribution in [2.45, 2.75) is 32.8 Å². The summed E-state index contributed by atoms with van der Waals surface area (Å²) in [5.41, 5.74) is -0.219. The van der Waals surface area contributed by atoms with Gasteiger partial charge in [-0.2, -0.15) is 4.98 Å². The lowest BCUT2D eigenvalue weighted by atomic mass is 10.1. The molecule has 5 heteroatoms. The van der Waals surface area contributed by atoms with E-state index in [4.69, 9.17) is 9.26 Å². The summed E-state index contributed by atoms with van der Waals surface area (Å²) in [5.74, 6) is -0.0911. The molecule has 0 aliphatic heterocycles. The van der Waals surface area contributed by atoms with Gasteiger partial charge in [-0.05, 0) is 20.8 Å². The van der Waals surface area contributed by atoms with Crippen LogP contribution >= 0.6 is 0 Å². The standard InChI is InChI=1S/C10H14N2O3/c1-7(5-8-11-6-12-15-8)9(13)14-10(2,3)4/h6H,1,5H2,2-4H3. The number of hydrogen-bond acceptors (Lipinski definition) is 5. The molecule has 1 aromatic heterocycles. The van der Waals surface area contributed by atoms with Gasteiger partial charge < -0.3 is 9.26 Å². The minimum Gasteiger partial charge on any atom is -0.457 e. The average Bonchev–Trinajstić information content (AvgIpc) is 2.53. The lowest BCUT2D eigenvalue weighted by Gasteiger charge is -2.19. The second kappa shape index (κ2) is 4.25. The fraction of sp³-hybridized carbons (Fsp3) is 0.500. The highest BCUT2D eigenvalue weighted by molar-refractivity contribution is 5.88. The van der Waals surface area contributed by atoms with Gasteiger partial charge in [-0.15, -0.1) is 0 Å². The Kier molecular flexibility index (Phi) is 3.24. The summed E-state index contributed by atoms with van der Waals surface area (Å²) in [7, 11) is 0. The summed E-state index contributed by atoms with van der Waals surface area (Å²) < 4.78 is 9.87. The highest BCUT2D eigenvalue weighted by Gasteiger charge is 2.19. The quantitative estimate of drug-likeness (QED) is 0.559. The van der Waals surface area contributed by atoms with Crippen molar-refractivity contribution in [3.63, 3.8) is 0 Å². The first kappa shape index (κ1) is 11.4. The maximum Gasteiger partial charge on any atom is 0.334 e. The maximum absolute atomic E-state index is 11.5. The van der Waals surface area contributed by atoms with E-state index in [2.05, 4.69) is 16.7 Å². The number of rotatable bonds is 3. The molecule has 0 saturated heterocycles. The Hall–Kier alpha value is -1.65. The Morgan fingerprint density at radius 3 is 2.73 bits per heavy atom. The van der Waals surface area contributed by atoms with Gasteiger partial charge in [0.25, 0.3) is 0 Å². The summed E-state index contributed by atoms with van der Waals surface area (Å²) in [6, 6.07) is 0. The first-order valence-corrected chi connectivity index (χ1v) is 4.55. The zero-order valence-corrected chi connectivity index (χ0v) is 9.11. The lowest BCUT2D eigenvalue weighted by Crippen LogP contribution is -2.25. The largest absolute Gasteiger partial charge is 0.457 e. The van der Waals surface area contributed by atoms with Gasteiger partial charge in [-0.25, -0.2) is 4.79 Å². The van der Waals surface area contributed by atoms with Crippen molar-refractivity contribution in [1.82, 2.24) is 10.1 Å². The Morgan fingerprint density at radius 2 is 2.27 bits per heavy atom. The molecular formula is C10H14N2O3. The number of carbonyl (C=O) groups is 1. The average molecular weight is 210 g/mol. The van der Waals surface area contributed by atoms with Crippen LogP contribution in [0.4, 0.5) is 0 Å². The molecule has 1 aromatic rings. The predicted molar refractivity (Wildman–Crippen MR) is 53.0 cm³/mol. The van der Waals surface area contributed by atoms with Gasteiger partial charge in [0.1, 0.15) is 5.60 Å². The van der Waals surface area contributed by atoms with Gasteiger partial charge in [0, 0.05) is 5.57 Å². The second-order valence-corrected chi connectivity index (χ2v) is 4.12. The minimum atomic E-state index is -0.519. The van der Waals surface area contributed by atoms with Crippen LogP contribution in [-0.4, -0.2) is 21.7 Å². The van der Waals surface area contributed by atoms with Crippen molar-refractivity contribution in [1.29, 1.82) is 0 Å². The van der Waals surface area contributed by atoms with Crippen molar-refractivity contribution in [2.24, 2.45) is 0 Å². The summed E-state index contributed by atoms with van der Waals surface area (Å²) >= 11 is 0. The molecule has 15 heavy (non-hydrogen) atoms. The molecule has 1 heterocycles. The van der Waals surface area contributed by atoms with Gasteiger partial charge in [0.2, 0.25) is 5.89 Å². The zero-order chi connectivity index (χ0) is 11.5. The van der Waals surface area contributed by atoms with Crippen LogP contribution in [-0.2, 0) is 16.0 Å². The maximum atomic E-state index is 11.5. The van der Waals surface area contributed by atoms with E-state index in [9.17, 15) is 4.79 Å². The number of ether oxygens (including phenoxy) is 1. The molecule has 0 aromatic carbocycles. The van der Waals surface area contributed by atoms with Crippen molar-refractivity contribution in [3.8, 4) is 0 Å². The molecular weight excluding hydrogens is 196 g/mol. The van der Waals surface area contributed by atoms with E-state index in [-0.39, 0.29) is 6.42 Å². The first-order chi connectivity index (χ1) is 6.88. The monoisotopic (exact) mass is 210 g/mol. The molecule has 0 unspecified atom stereocenters. The molecule has 5 nitrogen and oxygen atoms in total. The number of nitrogens with zero attached hydrogens (tertiary/aromatic N) is 2. The van der Waals surface area contributed by atoms with Gasteiger partial charge in [-0.1, -0.05) is 11.7 Å². The fourth-order valence-corrected chi connectivity index (χ4v) is 0.879. The van der Waals surface area contributed by atoms with Crippen LogP contribution in [0.3, 0.4) is 0 Å². The van der Waals surface area contributed by atoms with Gasteiger partial charge in [-0.3, -0.25) is 0 Å². The van der Waals surface area contributed by atoms with Crippen molar-refractivity contribution < 1.29 is 14.1 Å². The molecule has 0 aliphatic rings. The van der Waals surface area contributed by atoms with Crippen LogP contribution in [0.5, 0.6) is 0 Å². The Bertz CT molecular complexity index is 349. The Balaban J connectivity index is 2.51. The topological polar surface area (TPSA) is 65.2 Å². The van der Waals surface area contributed by atoms with E-state index >= 15 is 0 Å². The lowest BCUT2D eigenvalue weighted by molar-refractivity contribution is -0.150. The number of carbonyl (C=O) groups excluding carboxylic acids is 1. The van der Waals surface area contributed by atoms with Crippen LogP contribution in [0.25, 0.3) is 0 Å². The van der Waals surface area contributed by atoms with Gasteiger partial charge >= 0.3 is 5.97 Å².